The summed E-state index contributed by atoms with van der Waals surface area (Å²) >= 11 is 0. The second kappa shape index (κ2) is 20.9. The molecule has 0 aliphatic heterocycles. The molecule has 3 nitrogen and oxygen atoms in total. The van der Waals surface area contributed by atoms with Gasteiger partial charge in [0.15, 0.2) is 0 Å². The number of rotatable bonds is 20. The third-order valence-corrected chi connectivity index (χ3v) is 4.78. The van der Waals surface area contributed by atoms with Crippen LogP contribution >= 0.6 is 0 Å². The molecular weight excluding hydrogens is 300 g/mol. The Balaban J connectivity index is 3.12. The zero-order valence-electron chi connectivity index (χ0n) is 16.3. The van der Waals surface area contributed by atoms with E-state index in [1.165, 1.54) is 89.9 Å². The molecule has 0 fully saturated rings. The summed E-state index contributed by atoms with van der Waals surface area (Å²) in [6.07, 6.45) is 21.4. The Kier molecular flexibility index (Phi) is 20.8. The standard InChI is InChI=1S/C21H44O3/c1-2-3-4-5-6-7-8-9-10-11-12-13-14-15-16-17-21(20-23)24-19-18-22/h21-23H,2-20H2,1H3. The van der Waals surface area contributed by atoms with Crippen molar-refractivity contribution >= 4 is 0 Å². The van der Waals surface area contributed by atoms with Crippen LogP contribution in [0.25, 0.3) is 0 Å². The number of ether oxygens (including phenoxy) is 1. The van der Waals surface area contributed by atoms with E-state index in [2.05, 4.69) is 6.92 Å². The van der Waals surface area contributed by atoms with Crippen molar-refractivity contribution in [1.82, 2.24) is 0 Å². The average Bonchev–Trinajstić information content (AvgIpc) is 2.61. The molecule has 0 saturated heterocycles. The molecular formula is C21H44O3. The lowest BCUT2D eigenvalue weighted by molar-refractivity contribution is -0.00870. The fourth-order valence-electron chi connectivity index (χ4n) is 3.19. The van der Waals surface area contributed by atoms with E-state index in [1.54, 1.807) is 0 Å². The van der Waals surface area contributed by atoms with Crippen molar-refractivity contribution in [1.29, 1.82) is 0 Å². The van der Waals surface area contributed by atoms with Gasteiger partial charge in [-0.3, -0.25) is 0 Å². The first-order chi connectivity index (χ1) is 11.8. The van der Waals surface area contributed by atoms with Crippen molar-refractivity contribution < 1.29 is 14.9 Å². The maximum atomic E-state index is 9.16. The molecule has 1 atom stereocenters. The molecule has 0 spiro atoms. The lowest BCUT2D eigenvalue weighted by atomic mass is 10.0. The van der Waals surface area contributed by atoms with Gasteiger partial charge in [-0.15, -0.1) is 0 Å². The molecule has 0 aliphatic carbocycles. The monoisotopic (exact) mass is 344 g/mol. The van der Waals surface area contributed by atoms with Gasteiger partial charge in [0.2, 0.25) is 0 Å². The van der Waals surface area contributed by atoms with Gasteiger partial charge >= 0.3 is 0 Å². The quantitative estimate of drug-likeness (QED) is 0.282. The molecule has 0 aromatic rings. The molecule has 0 amide bonds. The summed E-state index contributed by atoms with van der Waals surface area (Å²) in [6.45, 7) is 2.72. The van der Waals surface area contributed by atoms with E-state index in [9.17, 15) is 0 Å². The summed E-state index contributed by atoms with van der Waals surface area (Å²) in [7, 11) is 0. The van der Waals surface area contributed by atoms with E-state index < -0.39 is 0 Å². The maximum absolute atomic E-state index is 9.16. The van der Waals surface area contributed by atoms with Crippen LogP contribution in [0.1, 0.15) is 110 Å². The molecule has 0 aliphatic rings. The van der Waals surface area contributed by atoms with Gasteiger partial charge in [0.05, 0.1) is 25.9 Å². The first kappa shape index (κ1) is 23.9. The molecule has 0 bridgehead atoms. The van der Waals surface area contributed by atoms with Crippen LogP contribution < -0.4 is 0 Å². The van der Waals surface area contributed by atoms with Crippen LogP contribution in [0.2, 0.25) is 0 Å². The summed E-state index contributed by atoms with van der Waals surface area (Å²) < 4.78 is 5.36. The predicted molar refractivity (Wildman–Crippen MR) is 103 cm³/mol. The molecule has 0 aromatic carbocycles. The second-order valence-electron chi connectivity index (χ2n) is 7.14. The van der Waals surface area contributed by atoms with Crippen LogP contribution in [0.15, 0.2) is 0 Å². The van der Waals surface area contributed by atoms with E-state index in [-0.39, 0.29) is 19.3 Å². The molecule has 0 heterocycles. The molecule has 0 aromatic heterocycles. The number of hydrogen-bond donors (Lipinski definition) is 2. The molecule has 3 heteroatoms. The van der Waals surface area contributed by atoms with Crippen LogP contribution in [0.4, 0.5) is 0 Å². The minimum atomic E-state index is -0.0841. The van der Waals surface area contributed by atoms with Gasteiger partial charge in [0.25, 0.3) is 0 Å². The molecule has 0 saturated carbocycles. The Morgan fingerprint density at radius 2 is 1.04 bits per heavy atom. The molecule has 0 radical (unpaired) electrons. The second-order valence-corrected chi connectivity index (χ2v) is 7.14. The van der Waals surface area contributed by atoms with Gasteiger partial charge in [0, 0.05) is 0 Å². The lowest BCUT2D eigenvalue weighted by Gasteiger charge is -2.14. The van der Waals surface area contributed by atoms with E-state index in [1.807, 2.05) is 0 Å². The maximum Gasteiger partial charge on any atom is 0.0806 e. The van der Waals surface area contributed by atoms with Crippen molar-refractivity contribution in [2.24, 2.45) is 0 Å². The fraction of sp³-hybridized carbons (Fsp3) is 1.00. The highest BCUT2D eigenvalue weighted by Gasteiger charge is 2.06. The highest BCUT2D eigenvalue weighted by molar-refractivity contribution is 4.57. The van der Waals surface area contributed by atoms with Crippen LogP contribution in [-0.2, 0) is 4.74 Å². The number of hydrogen-bond acceptors (Lipinski definition) is 3. The highest BCUT2D eigenvalue weighted by Crippen LogP contribution is 2.14. The Morgan fingerprint density at radius 3 is 1.42 bits per heavy atom. The number of unbranched alkanes of at least 4 members (excludes halogenated alkanes) is 14. The van der Waals surface area contributed by atoms with Crippen LogP contribution in [0, 0.1) is 0 Å². The van der Waals surface area contributed by atoms with Gasteiger partial charge < -0.3 is 14.9 Å². The minimum absolute atomic E-state index is 0.0371. The zero-order chi connectivity index (χ0) is 17.7. The van der Waals surface area contributed by atoms with Gasteiger partial charge in [-0.2, -0.15) is 0 Å². The van der Waals surface area contributed by atoms with Crippen molar-refractivity contribution in [3.05, 3.63) is 0 Å². The third-order valence-electron chi connectivity index (χ3n) is 4.78. The van der Waals surface area contributed by atoms with Crippen LogP contribution in [0.5, 0.6) is 0 Å². The molecule has 2 N–H and O–H groups in total. The van der Waals surface area contributed by atoms with Crippen molar-refractivity contribution in [2.75, 3.05) is 19.8 Å². The van der Waals surface area contributed by atoms with Gasteiger partial charge in [-0.05, 0) is 6.42 Å². The van der Waals surface area contributed by atoms with Crippen LogP contribution in [0.3, 0.4) is 0 Å². The summed E-state index contributed by atoms with van der Waals surface area (Å²) in [5.74, 6) is 0. The smallest absolute Gasteiger partial charge is 0.0806 e. The molecule has 1 unspecified atom stereocenters. The predicted octanol–water partition coefficient (Wildman–Crippen LogP) is 5.62. The fourth-order valence-corrected chi connectivity index (χ4v) is 3.19. The Morgan fingerprint density at radius 1 is 0.625 bits per heavy atom. The van der Waals surface area contributed by atoms with Crippen molar-refractivity contribution in [2.45, 2.75) is 116 Å². The first-order valence-electron chi connectivity index (χ1n) is 10.7. The normalized spacial score (nSPS) is 12.6. The van der Waals surface area contributed by atoms with E-state index in [0.717, 1.165) is 12.8 Å². The summed E-state index contributed by atoms with van der Waals surface area (Å²) in [6, 6.07) is 0. The lowest BCUT2D eigenvalue weighted by Crippen LogP contribution is -2.19. The summed E-state index contributed by atoms with van der Waals surface area (Å²) in [4.78, 5) is 0. The van der Waals surface area contributed by atoms with E-state index in [4.69, 9.17) is 14.9 Å². The van der Waals surface area contributed by atoms with Gasteiger partial charge in [-0.25, -0.2) is 0 Å². The number of aliphatic hydroxyl groups excluding tert-OH is 2. The Hall–Kier alpha value is -0.120. The number of aliphatic hydroxyl groups is 2. The first-order valence-corrected chi connectivity index (χ1v) is 10.7. The zero-order valence-corrected chi connectivity index (χ0v) is 16.3. The Bertz CT molecular complexity index is 221. The minimum Gasteiger partial charge on any atom is -0.394 e. The molecule has 24 heavy (non-hydrogen) atoms. The Labute approximate surface area is 151 Å². The third kappa shape index (κ3) is 18.2. The topological polar surface area (TPSA) is 49.7 Å². The largest absolute Gasteiger partial charge is 0.394 e. The molecule has 146 valence electrons. The highest BCUT2D eigenvalue weighted by atomic mass is 16.5. The average molecular weight is 345 g/mol. The summed E-state index contributed by atoms with van der Waals surface area (Å²) in [5.41, 5.74) is 0. The van der Waals surface area contributed by atoms with Gasteiger partial charge in [-0.1, -0.05) is 103 Å². The van der Waals surface area contributed by atoms with Crippen molar-refractivity contribution in [3.8, 4) is 0 Å². The SMILES string of the molecule is CCCCCCCCCCCCCCCCCC(CO)OCCO. The van der Waals surface area contributed by atoms with E-state index >= 15 is 0 Å². The van der Waals surface area contributed by atoms with Gasteiger partial charge in [0.1, 0.15) is 0 Å². The van der Waals surface area contributed by atoms with E-state index in [0.29, 0.717) is 6.61 Å². The summed E-state index contributed by atoms with van der Waals surface area (Å²) in [5, 5.41) is 17.9. The van der Waals surface area contributed by atoms with Crippen LogP contribution in [-0.4, -0.2) is 36.1 Å². The molecule has 0 rings (SSSR count). The van der Waals surface area contributed by atoms with Crippen molar-refractivity contribution in [3.63, 3.8) is 0 Å².